The molecule has 0 aromatic heterocycles. The van der Waals surface area contributed by atoms with E-state index in [4.69, 9.17) is 9.47 Å². The van der Waals surface area contributed by atoms with E-state index in [0.29, 0.717) is 17.0 Å². The summed E-state index contributed by atoms with van der Waals surface area (Å²) in [6.45, 7) is 10.6. The number of ether oxygens (including phenoxy) is 2. The van der Waals surface area contributed by atoms with E-state index in [9.17, 15) is 14.4 Å². The number of rotatable bonds is 7. The van der Waals surface area contributed by atoms with Crippen LogP contribution in [0, 0.1) is 13.8 Å². The van der Waals surface area contributed by atoms with Crippen LogP contribution in [-0.4, -0.2) is 48.6 Å². The zero-order valence-electron chi connectivity index (χ0n) is 21.2. The van der Waals surface area contributed by atoms with Crippen LogP contribution in [0.4, 0.5) is 10.5 Å². The number of nitrogens with one attached hydrogen (secondary N) is 2. The molecule has 34 heavy (non-hydrogen) atoms. The van der Waals surface area contributed by atoms with E-state index in [1.54, 1.807) is 66.1 Å². The molecule has 0 fully saturated rings. The van der Waals surface area contributed by atoms with Crippen LogP contribution in [0.15, 0.2) is 42.5 Å². The van der Waals surface area contributed by atoms with Gasteiger partial charge in [-0.05, 0) is 76.9 Å². The third-order valence-corrected chi connectivity index (χ3v) is 5.16. The molecule has 0 aliphatic heterocycles. The highest BCUT2D eigenvalue weighted by atomic mass is 16.6. The molecule has 0 saturated heterocycles. The summed E-state index contributed by atoms with van der Waals surface area (Å²) in [5, 5.41) is 5.43. The number of hydrogen-bond acceptors (Lipinski definition) is 5. The molecule has 184 valence electrons. The maximum Gasteiger partial charge on any atom is 0.408 e. The van der Waals surface area contributed by atoms with Crippen molar-refractivity contribution in [3.63, 3.8) is 0 Å². The number of carbonyl (C=O) groups is 3. The number of nitrogens with zero attached hydrogens (tertiary/aromatic N) is 1. The molecule has 2 rings (SSSR count). The topological polar surface area (TPSA) is 97.0 Å². The van der Waals surface area contributed by atoms with Crippen LogP contribution in [0.2, 0.25) is 0 Å². The monoisotopic (exact) mass is 469 g/mol. The van der Waals surface area contributed by atoms with Gasteiger partial charge < -0.3 is 25.0 Å². The Bertz CT molecular complexity index is 1030. The van der Waals surface area contributed by atoms with Crippen molar-refractivity contribution in [2.24, 2.45) is 0 Å². The van der Waals surface area contributed by atoms with Gasteiger partial charge in [0.15, 0.2) is 0 Å². The number of likely N-dealkylation sites (N-methyl/N-ethyl adjacent to an activating group) is 1. The van der Waals surface area contributed by atoms with Gasteiger partial charge in [0, 0.05) is 12.7 Å². The lowest BCUT2D eigenvalue weighted by atomic mass is 9.97. The Labute approximate surface area is 201 Å². The highest BCUT2D eigenvalue weighted by Gasteiger charge is 2.33. The number of hydrogen-bond donors (Lipinski definition) is 2. The summed E-state index contributed by atoms with van der Waals surface area (Å²) >= 11 is 0. The fraction of sp³-hybridized carbons (Fsp3) is 0.423. The van der Waals surface area contributed by atoms with Crippen LogP contribution in [0.25, 0.3) is 0 Å². The normalized spacial score (nSPS) is 12.8. The molecule has 0 aliphatic carbocycles. The van der Waals surface area contributed by atoms with Gasteiger partial charge in [-0.15, -0.1) is 0 Å². The van der Waals surface area contributed by atoms with Crippen LogP contribution in [0.5, 0.6) is 5.75 Å². The van der Waals surface area contributed by atoms with Gasteiger partial charge >= 0.3 is 6.09 Å². The predicted molar refractivity (Wildman–Crippen MR) is 132 cm³/mol. The molecule has 2 unspecified atom stereocenters. The summed E-state index contributed by atoms with van der Waals surface area (Å²) in [6, 6.07) is 10.8. The van der Waals surface area contributed by atoms with Crippen molar-refractivity contribution in [3.8, 4) is 5.75 Å². The van der Waals surface area contributed by atoms with Crippen molar-refractivity contribution in [2.45, 2.75) is 59.2 Å². The number of benzene rings is 2. The lowest BCUT2D eigenvalue weighted by Gasteiger charge is -2.31. The Morgan fingerprint density at radius 3 is 2.15 bits per heavy atom. The zero-order valence-corrected chi connectivity index (χ0v) is 21.2. The third-order valence-electron chi connectivity index (χ3n) is 5.16. The first-order chi connectivity index (χ1) is 15.8. The number of aryl methyl sites for hydroxylation is 2. The molecule has 2 atom stereocenters. The molecule has 8 heteroatoms. The second kappa shape index (κ2) is 11.0. The molecule has 8 nitrogen and oxygen atoms in total. The Hall–Kier alpha value is -3.55. The van der Waals surface area contributed by atoms with E-state index in [2.05, 4.69) is 10.6 Å². The molecule has 0 saturated carbocycles. The number of amides is 3. The SMILES string of the molecule is COc1ccc(NC(=O)C(c2ccc(C)cc2C)N(C)C(=O)C(C)NC(=O)OC(C)(C)C)cc1. The standard InChI is InChI=1S/C26H35N3O5/c1-16-9-14-21(17(2)15-16)22(23(30)28-19-10-12-20(33-8)13-11-19)29(7)24(31)18(3)27-25(32)34-26(4,5)6/h9-15,18,22H,1-8H3,(H,27,32)(H,28,30). The van der Waals surface area contributed by atoms with Gasteiger partial charge in [-0.3, -0.25) is 9.59 Å². The molecule has 2 N–H and O–H groups in total. The molecule has 2 aromatic carbocycles. The second-order valence-electron chi connectivity index (χ2n) is 9.30. The number of anilines is 1. The first kappa shape index (κ1) is 26.7. The third kappa shape index (κ3) is 7.23. The van der Waals surface area contributed by atoms with Gasteiger partial charge in [0.1, 0.15) is 23.4 Å². The van der Waals surface area contributed by atoms with Gasteiger partial charge in [-0.1, -0.05) is 23.8 Å². The van der Waals surface area contributed by atoms with Gasteiger partial charge in [-0.25, -0.2) is 4.79 Å². The average Bonchev–Trinajstić information content (AvgIpc) is 2.73. The average molecular weight is 470 g/mol. The van der Waals surface area contributed by atoms with Crippen molar-refractivity contribution in [1.29, 1.82) is 0 Å². The van der Waals surface area contributed by atoms with Gasteiger partial charge in [0.25, 0.3) is 5.91 Å². The van der Waals surface area contributed by atoms with Gasteiger partial charge in [0.05, 0.1) is 7.11 Å². The lowest BCUT2D eigenvalue weighted by molar-refractivity contribution is -0.138. The van der Waals surface area contributed by atoms with Crippen LogP contribution in [0.3, 0.4) is 0 Å². The molecule has 3 amide bonds. The molecule has 0 radical (unpaired) electrons. The Morgan fingerprint density at radius 1 is 1.00 bits per heavy atom. The molecular weight excluding hydrogens is 434 g/mol. The quantitative estimate of drug-likeness (QED) is 0.628. The summed E-state index contributed by atoms with van der Waals surface area (Å²) in [5.74, 6) is -0.142. The van der Waals surface area contributed by atoms with Crippen LogP contribution >= 0.6 is 0 Å². The smallest absolute Gasteiger partial charge is 0.408 e. The zero-order chi connectivity index (χ0) is 25.6. The lowest BCUT2D eigenvalue weighted by Crippen LogP contribution is -2.49. The van der Waals surface area contributed by atoms with Crippen LogP contribution in [0.1, 0.15) is 50.4 Å². The predicted octanol–water partition coefficient (Wildman–Crippen LogP) is 4.36. The van der Waals surface area contributed by atoms with Crippen molar-refractivity contribution < 1.29 is 23.9 Å². The fourth-order valence-electron chi connectivity index (χ4n) is 3.52. The molecule has 0 aliphatic rings. The fourth-order valence-corrected chi connectivity index (χ4v) is 3.52. The summed E-state index contributed by atoms with van der Waals surface area (Å²) < 4.78 is 10.4. The molecule has 2 aromatic rings. The summed E-state index contributed by atoms with van der Waals surface area (Å²) in [6.07, 6.45) is -0.701. The summed E-state index contributed by atoms with van der Waals surface area (Å²) in [5.41, 5.74) is 2.49. The number of carbonyl (C=O) groups excluding carboxylic acids is 3. The van der Waals surface area contributed by atoms with Crippen molar-refractivity contribution in [3.05, 3.63) is 59.2 Å². The molecule has 0 spiro atoms. The number of methoxy groups -OCH3 is 1. The van der Waals surface area contributed by atoms with Gasteiger partial charge in [0.2, 0.25) is 5.91 Å². The molecule has 0 bridgehead atoms. The van der Waals surface area contributed by atoms with Crippen LogP contribution < -0.4 is 15.4 Å². The maximum absolute atomic E-state index is 13.4. The highest BCUT2D eigenvalue weighted by molar-refractivity contribution is 5.99. The van der Waals surface area contributed by atoms with E-state index in [-0.39, 0.29) is 5.91 Å². The minimum atomic E-state index is -0.918. The van der Waals surface area contributed by atoms with E-state index in [0.717, 1.165) is 11.1 Å². The first-order valence-corrected chi connectivity index (χ1v) is 11.1. The first-order valence-electron chi connectivity index (χ1n) is 11.1. The van der Waals surface area contributed by atoms with Gasteiger partial charge in [-0.2, -0.15) is 0 Å². The summed E-state index contributed by atoms with van der Waals surface area (Å²) in [4.78, 5) is 40.2. The number of alkyl carbamates (subject to hydrolysis) is 1. The Morgan fingerprint density at radius 2 is 1.62 bits per heavy atom. The largest absolute Gasteiger partial charge is 0.497 e. The van der Waals surface area contributed by atoms with E-state index in [1.807, 2.05) is 32.0 Å². The Kier molecular flexibility index (Phi) is 8.68. The minimum Gasteiger partial charge on any atom is -0.497 e. The Balaban J connectivity index is 2.31. The van der Waals surface area contributed by atoms with Crippen molar-refractivity contribution in [2.75, 3.05) is 19.5 Å². The molecular formula is C26H35N3O5. The highest BCUT2D eigenvalue weighted by Crippen LogP contribution is 2.27. The van der Waals surface area contributed by atoms with E-state index in [1.165, 1.54) is 4.90 Å². The van der Waals surface area contributed by atoms with E-state index < -0.39 is 29.7 Å². The summed E-state index contributed by atoms with van der Waals surface area (Å²) in [7, 11) is 3.12. The second-order valence-corrected chi connectivity index (χ2v) is 9.30. The van der Waals surface area contributed by atoms with Crippen molar-refractivity contribution in [1.82, 2.24) is 10.2 Å². The van der Waals surface area contributed by atoms with Crippen LogP contribution in [-0.2, 0) is 14.3 Å². The molecule has 0 heterocycles. The maximum atomic E-state index is 13.4. The van der Waals surface area contributed by atoms with E-state index >= 15 is 0 Å². The minimum absolute atomic E-state index is 0.377. The van der Waals surface area contributed by atoms with Crippen molar-refractivity contribution >= 4 is 23.6 Å².